The third kappa shape index (κ3) is 3.99. The third-order valence-corrected chi connectivity index (χ3v) is 5.71. The molecule has 0 saturated carbocycles. The van der Waals surface area contributed by atoms with Crippen LogP contribution in [0.1, 0.15) is 40.5 Å². The molecule has 4 aromatic rings. The number of hydrogen-bond acceptors (Lipinski definition) is 7. The highest BCUT2D eigenvalue weighted by Gasteiger charge is 2.28. The molecule has 0 N–H and O–H groups in total. The summed E-state index contributed by atoms with van der Waals surface area (Å²) in [4.78, 5) is 32.4. The number of piperidine rings is 1. The van der Waals surface area contributed by atoms with Crippen molar-refractivity contribution < 1.29 is 9.32 Å². The van der Waals surface area contributed by atoms with Crippen LogP contribution in [0.25, 0.3) is 22.7 Å². The van der Waals surface area contributed by atoms with Gasteiger partial charge in [-0.2, -0.15) is 0 Å². The number of hydrogen-bond donors (Lipinski definition) is 0. The molecule has 1 aliphatic rings. The second-order valence-electron chi connectivity index (χ2n) is 7.87. The number of nitrogens with zero attached hydrogens (tertiary/aromatic N) is 6. The lowest BCUT2D eigenvalue weighted by atomic mass is 9.89. The van der Waals surface area contributed by atoms with E-state index in [1.807, 2.05) is 30.0 Å². The normalized spacial score (nSPS) is 14.5. The SMILES string of the molecule is Cc1cc(-c2cnc(-c3cccnc3)nc2C2CCN(C(=O)c3cccnc3)CC2)on1. The zero-order valence-corrected chi connectivity index (χ0v) is 17.7. The first-order valence-corrected chi connectivity index (χ1v) is 10.6. The van der Waals surface area contributed by atoms with Crippen LogP contribution in [0.2, 0.25) is 0 Å². The van der Waals surface area contributed by atoms with Crippen LogP contribution in [-0.2, 0) is 0 Å². The van der Waals surface area contributed by atoms with Crippen molar-refractivity contribution in [1.82, 2.24) is 30.0 Å². The molecule has 1 aliphatic heterocycles. The first-order chi connectivity index (χ1) is 15.7. The van der Waals surface area contributed by atoms with E-state index in [0.29, 0.717) is 30.2 Å². The summed E-state index contributed by atoms with van der Waals surface area (Å²) >= 11 is 0. The van der Waals surface area contributed by atoms with Crippen LogP contribution in [0.15, 0.2) is 65.8 Å². The molecule has 5 rings (SSSR count). The maximum atomic E-state index is 12.8. The van der Waals surface area contributed by atoms with E-state index in [-0.39, 0.29) is 11.8 Å². The molecule has 32 heavy (non-hydrogen) atoms. The van der Waals surface area contributed by atoms with Gasteiger partial charge in [0, 0.05) is 61.6 Å². The molecule has 0 bridgehead atoms. The van der Waals surface area contributed by atoms with Crippen LogP contribution in [0.3, 0.4) is 0 Å². The number of amides is 1. The average molecular weight is 426 g/mol. The highest BCUT2D eigenvalue weighted by Crippen LogP contribution is 2.35. The van der Waals surface area contributed by atoms with Gasteiger partial charge in [-0.05, 0) is 44.0 Å². The quantitative estimate of drug-likeness (QED) is 0.488. The lowest BCUT2D eigenvalue weighted by Gasteiger charge is -2.32. The molecule has 0 atom stereocenters. The molecule has 5 heterocycles. The number of aryl methyl sites for hydroxylation is 1. The summed E-state index contributed by atoms with van der Waals surface area (Å²) in [6.07, 6.45) is 10.2. The van der Waals surface area contributed by atoms with Crippen molar-refractivity contribution in [3.8, 4) is 22.7 Å². The number of likely N-dealkylation sites (tertiary alicyclic amines) is 1. The molecule has 8 heteroatoms. The minimum Gasteiger partial charge on any atom is -0.356 e. The van der Waals surface area contributed by atoms with Gasteiger partial charge in [-0.3, -0.25) is 14.8 Å². The maximum Gasteiger partial charge on any atom is 0.255 e. The van der Waals surface area contributed by atoms with E-state index in [4.69, 9.17) is 9.51 Å². The van der Waals surface area contributed by atoms with Crippen LogP contribution < -0.4 is 0 Å². The van der Waals surface area contributed by atoms with Gasteiger partial charge in [0.25, 0.3) is 5.91 Å². The van der Waals surface area contributed by atoms with Gasteiger partial charge in [0.15, 0.2) is 11.6 Å². The predicted octanol–water partition coefficient (Wildman–Crippen LogP) is 3.92. The van der Waals surface area contributed by atoms with Crippen molar-refractivity contribution in [2.45, 2.75) is 25.7 Å². The lowest BCUT2D eigenvalue weighted by molar-refractivity contribution is 0.0711. The van der Waals surface area contributed by atoms with E-state index in [1.165, 1.54) is 0 Å². The molecule has 1 saturated heterocycles. The predicted molar refractivity (Wildman–Crippen MR) is 118 cm³/mol. The number of rotatable bonds is 4. The molecule has 4 aromatic heterocycles. The fraction of sp³-hybridized carbons (Fsp3) is 0.250. The van der Waals surface area contributed by atoms with E-state index in [0.717, 1.165) is 35.4 Å². The summed E-state index contributed by atoms with van der Waals surface area (Å²) in [5.41, 5.74) is 4.04. The summed E-state index contributed by atoms with van der Waals surface area (Å²) in [6.45, 7) is 3.19. The molecule has 160 valence electrons. The number of aromatic nitrogens is 5. The molecule has 8 nitrogen and oxygen atoms in total. The van der Waals surface area contributed by atoms with Crippen molar-refractivity contribution in [3.05, 3.63) is 78.3 Å². The highest BCUT2D eigenvalue weighted by molar-refractivity contribution is 5.93. The van der Waals surface area contributed by atoms with Crippen LogP contribution in [0.5, 0.6) is 0 Å². The van der Waals surface area contributed by atoms with Crippen LogP contribution in [0, 0.1) is 6.92 Å². The monoisotopic (exact) mass is 426 g/mol. The number of pyridine rings is 2. The molecule has 0 radical (unpaired) electrons. The Labute approximate surface area is 185 Å². The van der Waals surface area contributed by atoms with Gasteiger partial charge in [-0.1, -0.05) is 5.16 Å². The van der Waals surface area contributed by atoms with Gasteiger partial charge in [0.05, 0.1) is 22.5 Å². The van der Waals surface area contributed by atoms with Gasteiger partial charge >= 0.3 is 0 Å². The van der Waals surface area contributed by atoms with Crippen molar-refractivity contribution in [1.29, 1.82) is 0 Å². The Hall–Kier alpha value is -3.94. The van der Waals surface area contributed by atoms with Crippen molar-refractivity contribution in [3.63, 3.8) is 0 Å². The third-order valence-electron chi connectivity index (χ3n) is 5.71. The molecule has 1 fully saturated rings. The maximum absolute atomic E-state index is 12.8. The molecule has 0 unspecified atom stereocenters. The van der Waals surface area contributed by atoms with Gasteiger partial charge in [0.1, 0.15) is 0 Å². The summed E-state index contributed by atoms with van der Waals surface area (Å²) in [5, 5.41) is 4.03. The fourth-order valence-electron chi connectivity index (χ4n) is 4.05. The summed E-state index contributed by atoms with van der Waals surface area (Å²) in [6, 6.07) is 9.30. The van der Waals surface area contributed by atoms with Gasteiger partial charge in [-0.15, -0.1) is 0 Å². The summed E-state index contributed by atoms with van der Waals surface area (Å²) < 4.78 is 5.53. The summed E-state index contributed by atoms with van der Waals surface area (Å²) in [7, 11) is 0. The Morgan fingerprint density at radius 1 is 1.06 bits per heavy atom. The van der Waals surface area contributed by atoms with Crippen molar-refractivity contribution >= 4 is 5.91 Å². The Kier molecular flexibility index (Phi) is 5.41. The average Bonchev–Trinajstić information content (AvgIpc) is 3.30. The summed E-state index contributed by atoms with van der Waals surface area (Å²) in [5.74, 6) is 1.47. The van der Waals surface area contributed by atoms with Gasteiger partial charge in [0.2, 0.25) is 0 Å². The smallest absolute Gasteiger partial charge is 0.255 e. The number of carbonyl (C=O) groups is 1. The Morgan fingerprint density at radius 2 is 1.84 bits per heavy atom. The van der Waals surface area contributed by atoms with E-state index in [2.05, 4.69) is 20.1 Å². The zero-order valence-electron chi connectivity index (χ0n) is 17.7. The van der Waals surface area contributed by atoms with E-state index in [9.17, 15) is 4.79 Å². The first kappa shape index (κ1) is 20.0. The molecule has 0 aliphatic carbocycles. The molecule has 0 aromatic carbocycles. The largest absolute Gasteiger partial charge is 0.356 e. The standard InChI is InChI=1S/C24H22N6O2/c1-16-12-21(32-29-16)20-15-27-23(18-4-2-8-25-13-18)28-22(20)17-6-10-30(11-7-17)24(31)19-5-3-9-26-14-19/h2-5,8-9,12-15,17H,6-7,10-11H2,1H3. The van der Waals surface area contributed by atoms with E-state index in [1.54, 1.807) is 43.1 Å². The van der Waals surface area contributed by atoms with Crippen LogP contribution in [-0.4, -0.2) is 49.0 Å². The van der Waals surface area contributed by atoms with Crippen LogP contribution >= 0.6 is 0 Å². The fourth-order valence-corrected chi connectivity index (χ4v) is 4.05. The highest BCUT2D eigenvalue weighted by atomic mass is 16.5. The Balaban J connectivity index is 1.43. The molecule has 0 spiro atoms. The van der Waals surface area contributed by atoms with E-state index < -0.39 is 0 Å². The topological polar surface area (TPSA) is 97.9 Å². The Morgan fingerprint density at radius 3 is 2.50 bits per heavy atom. The van der Waals surface area contributed by atoms with Gasteiger partial charge < -0.3 is 9.42 Å². The van der Waals surface area contributed by atoms with Gasteiger partial charge in [-0.25, -0.2) is 9.97 Å². The lowest BCUT2D eigenvalue weighted by Crippen LogP contribution is -2.38. The molecular weight excluding hydrogens is 404 g/mol. The minimum absolute atomic E-state index is 0.0152. The first-order valence-electron chi connectivity index (χ1n) is 10.6. The van der Waals surface area contributed by atoms with E-state index >= 15 is 0 Å². The minimum atomic E-state index is 0.0152. The molecule has 1 amide bonds. The number of carbonyl (C=O) groups excluding carboxylic acids is 1. The van der Waals surface area contributed by atoms with Crippen molar-refractivity contribution in [2.24, 2.45) is 0 Å². The zero-order chi connectivity index (χ0) is 21.9. The second kappa shape index (κ2) is 8.66. The second-order valence-corrected chi connectivity index (χ2v) is 7.87. The Bertz CT molecular complexity index is 1220. The molecular formula is C24H22N6O2. The van der Waals surface area contributed by atoms with Crippen molar-refractivity contribution in [2.75, 3.05) is 13.1 Å². The van der Waals surface area contributed by atoms with Crippen LogP contribution in [0.4, 0.5) is 0 Å².